The molecule has 5 heteroatoms. The lowest BCUT2D eigenvalue weighted by Gasteiger charge is -2.13. The van der Waals surface area contributed by atoms with Crippen LogP contribution in [0.4, 0.5) is 0 Å². The average molecular weight is 492 g/mol. The van der Waals surface area contributed by atoms with Crippen LogP contribution in [0.1, 0.15) is 28.5 Å². The minimum absolute atomic E-state index is 0.297. The Hall–Kier alpha value is -4.51. The monoisotopic (exact) mass is 491 g/mol. The third kappa shape index (κ3) is 5.21. The molecule has 0 fully saturated rings. The van der Waals surface area contributed by atoms with Gasteiger partial charge in [-0.3, -0.25) is 0 Å². The average Bonchev–Trinajstić information content (AvgIpc) is 3.27. The number of fused-ring (bicyclic) bond motifs is 1. The predicted octanol–water partition coefficient (Wildman–Crippen LogP) is 7.12. The summed E-state index contributed by atoms with van der Waals surface area (Å²) in [5.41, 5.74) is 5.41. The molecule has 0 saturated carbocycles. The van der Waals surface area contributed by atoms with E-state index in [1.54, 1.807) is 7.11 Å². The van der Waals surface area contributed by atoms with Gasteiger partial charge in [-0.15, -0.1) is 0 Å². The molecule has 0 radical (unpaired) electrons. The van der Waals surface area contributed by atoms with Gasteiger partial charge in [0, 0.05) is 23.0 Å². The van der Waals surface area contributed by atoms with Gasteiger partial charge in [-0.2, -0.15) is 0 Å². The standard InChI is InChI=1S/C32H29NO4/c1-3-36-32(34)31-30(25-16-18-26(19-17-25)37-22-23-10-5-4-6-11-23)28-14-7-8-15-29(28)33(31)21-24-12-9-13-27(20-24)35-2/h4-20H,3,21-22H2,1-2H3. The van der Waals surface area contributed by atoms with Gasteiger partial charge in [0.1, 0.15) is 23.8 Å². The molecule has 0 atom stereocenters. The molecular formula is C32H29NO4. The summed E-state index contributed by atoms with van der Waals surface area (Å²) in [5.74, 6) is 1.20. The Morgan fingerprint density at radius 1 is 0.784 bits per heavy atom. The van der Waals surface area contributed by atoms with Crippen molar-refractivity contribution in [3.8, 4) is 22.6 Å². The van der Waals surface area contributed by atoms with Crippen LogP contribution < -0.4 is 9.47 Å². The second-order valence-corrected chi connectivity index (χ2v) is 8.70. The highest BCUT2D eigenvalue weighted by atomic mass is 16.5. The summed E-state index contributed by atoms with van der Waals surface area (Å²) in [6.45, 7) is 3.12. The summed E-state index contributed by atoms with van der Waals surface area (Å²) in [6, 6.07) is 33.9. The van der Waals surface area contributed by atoms with Crippen LogP contribution in [0.2, 0.25) is 0 Å². The maximum Gasteiger partial charge on any atom is 0.355 e. The predicted molar refractivity (Wildman–Crippen MR) is 146 cm³/mol. The first-order chi connectivity index (χ1) is 18.2. The fraction of sp³-hybridized carbons (Fsp3) is 0.156. The van der Waals surface area contributed by atoms with E-state index in [0.29, 0.717) is 25.5 Å². The molecule has 0 unspecified atom stereocenters. The van der Waals surface area contributed by atoms with Crippen molar-refractivity contribution < 1.29 is 19.0 Å². The van der Waals surface area contributed by atoms with Gasteiger partial charge in [0.25, 0.3) is 0 Å². The molecule has 0 spiro atoms. The number of carbonyl (C=O) groups excluding carboxylic acids is 1. The van der Waals surface area contributed by atoms with E-state index in [1.165, 1.54) is 0 Å². The number of hydrogen-bond donors (Lipinski definition) is 0. The number of methoxy groups -OCH3 is 1. The molecule has 0 aliphatic rings. The number of carbonyl (C=O) groups is 1. The Morgan fingerprint density at radius 3 is 2.27 bits per heavy atom. The summed E-state index contributed by atoms with van der Waals surface area (Å²) in [4.78, 5) is 13.4. The molecule has 0 amide bonds. The normalized spacial score (nSPS) is 10.9. The van der Waals surface area contributed by atoms with Crippen molar-refractivity contribution >= 4 is 16.9 Å². The van der Waals surface area contributed by atoms with Crippen molar-refractivity contribution in [1.29, 1.82) is 0 Å². The zero-order chi connectivity index (χ0) is 25.6. The Bertz CT molecular complexity index is 1500. The van der Waals surface area contributed by atoms with Crippen LogP contribution >= 0.6 is 0 Å². The first kappa shape index (κ1) is 24.2. The second-order valence-electron chi connectivity index (χ2n) is 8.70. The van der Waals surface area contributed by atoms with Gasteiger partial charge in [0.15, 0.2) is 0 Å². The van der Waals surface area contributed by atoms with Crippen LogP contribution in [-0.2, 0) is 17.9 Å². The van der Waals surface area contributed by atoms with E-state index in [9.17, 15) is 4.79 Å². The van der Waals surface area contributed by atoms with E-state index in [4.69, 9.17) is 14.2 Å². The van der Waals surface area contributed by atoms with Gasteiger partial charge in [0.2, 0.25) is 0 Å². The Kier molecular flexibility index (Phi) is 7.22. The van der Waals surface area contributed by atoms with Gasteiger partial charge < -0.3 is 18.8 Å². The molecule has 0 bridgehead atoms. The Balaban J connectivity index is 1.56. The smallest absolute Gasteiger partial charge is 0.355 e. The number of benzene rings is 4. The van der Waals surface area contributed by atoms with E-state index in [0.717, 1.165) is 44.7 Å². The number of esters is 1. The first-order valence-corrected chi connectivity index (χ1v) is 12.4. The number of aromatic nitrogens is 1. The highest BCUT2D eigenvalue weighted by molar-refractivity contribution is 6.08. The molecule has 186 valence electrons. The summed E-state index contributed by atoms with van der Waals surface area (Å²) < 4.78 is 19.0. The number of rotatable bonds is 9. The lowest BCUT2D eigenvalue weighted by Crippen LogP contribution is -2.14. The molecule has 5 nitrogen and oxygen atoms in total. The van der Waals surface area contributed by atoms with E-state index in [1.807, 2.05) is 109 Å². The fourth-order valence-corrected chi connectivity index (χ4v) is 4.58. The summed E-state index contributed by atoms with van der Waals surface area (Å²) >= 11 is 0. The molecule has 1 heterocycles. The molecule has 4 aromatic carbocycles. The van der Waals surface area contributed by atoms with E-state index in [-0.39, 0.29) is 5.97 Å². The van der Waals surface area contributed by atoms with E-state index < -0.39 is 0 Å². The van der Waals surface area contributed by atoms with Crippen molar-refractivity contribution in [3.05, 3.63) is 120 Å². The van der Waals surface area contributed by atoms with Crippen LogP contribution in [0.25, 0.3) is 22.0 Å². The molecule has 0 aliphatic heterocycles. The molecule has 5 rings (SSSR count). The highest BCUT2D eigenvalue weighted by Gasteiger charge is 2.25. The van der Waals surface area contributed by atoms with Crippen molar-refractivity contribution in [3.63, 3.8) is 0 Å². The largest absolute Gasteiger partial charge is 0.497 e. The first-order valence-electron chi connectivity index (χ1n) is 12.4. The molecule has 5 aromatic rings. The molecule has 0 aliphatic carbocycles. The van der Waals surface area contributed by atoms with Crippen molar-refractivity contribution in [1.82, 2.24) is 4.57 Å². The van der Waals surface area contributed by atoms with Crippen LogP contribution in [0, 0.1) is 0 Å². The highest BCUT2D eigenvalue weighted by Crippen LogP contribution is 2.37. The maximum absolute atomic E-state index is 13.4. The van der Waals surface area contributed by atoms with Gasteiger partial charge in [-0.25, -0.2) is 4.79 Å². The summed E-state index contributed by atoms with van der Waals surface area (Å²) in [7, 11) is 1.65. The number of nitrogens with zero attached hydrogens (tertiary/aromatic N) is 1. The topological polar surface area (TPSA) is 49.7 Å². The van der Waals surface area contributed by atoms with Crippen molar-refractivity contribution in [2.75, 3.05) is 13.7 Å². The Labute approximate surface area is 216 Å². The van der Waals surface area contributed by atoms with Crippen molar-refractivity contribution in [2.45, 2.75) is 20.1 Å². The minimum atomic E-state index is -0.346. The number of hydrogen-bond acceptors (Lipinski definition) is 4. The fourth-order valence-electron chi connectivity index (χ4n) is 4.58. The SMILES string of the molecule is CCOC(=O)c1c(-c2ccc(OCc3ccccc3)cc2)c2ccccc2n1Cc1cccc(OC)c1. The van der Waals surface area contributed by atoms with E-state index >= 15 is 0 Å². The zero-order valence-electron chi connectivity index (χ0n) is 21.0. The van der Waals surface area contributed by atoms with Gasteiger partial charge in [-0.1, -0.05) is 72.8 Å². The molecule has 37 heavy (non-hydrogen) atoms. The third-order valence-electron chi connectivity index (χ3n) is 6.31. The van der Waals surface area contributed by atoms with Crippen LogP contribution in [-0.4, -0.2) is 24.3 Å². The van der Waals surface area contributed by atoms with Gasteiger partial charge in [-0.05, 0) is 53.9 Å². The molecule has 0 saturated heterocycles. The molecule has 0 N–H and O–H groups in total. The number of para-hydroxylation sites is 1. The zero-order valence-corrected chi connectivity index (χ0v) is 21.0. The maximum atomic E-state index is 13.4. The van der Waals surface area contributed by atoms with Gasteiger partial charge >= 0.3 is 5.97 Å². The number of ether oxygens (including phenoxy) is 3. The van der Waals surface area contributed by atoms with Gasteiger partial charge in [0.05, 0.1) is 13.7 Å². The van der Waals surface area contributed by atoms with E-state index in [2.05, 4.69) is 6.07 Å². The molecule has 1 aromatic heterocycles. The van der Waals surface area contributed by atoms with Crippen LogP contribution in [0.5, 0.6) is 11.5 Å². The lowest BCUT2D eigenvalue weighted by molar-refractivity contribution is 0.0516. The van der Waals surface area contributed by atoms with Crippen LogP contribution in [0.15, 0.2) is 103 Å². The Morgan fingerprint density at radius 2 is 1.51 bits per heavy atom. The van der Waals surface area contributed by atoms with Crippen molar-refractivity contribution in [2.24, 2.45) is 0 Å². The lowest BCUT2D eigenvalue weighted by atomic mass is 10.0. The second kappa shape index (κ2) is 11.0. The quantitative estimate of drug-likeness (QED) is 0.206. The summed E-state index contributed by atoms with van der Waals surface area (Å²) in [6.07, 6.45) is 0. The molecular weight excluding hydrogens is 462 g/mol. The third-order valence-corrected chi connectivity index (χ3v) is 6.31. The minimum Gasteiger partial charge on any atom is -0.497 e. The van der Waals surface area contributed by atoms with Crippen LogP contribution in [0.3, 0.4) is 0 Å². The summed E-state index contributed by atoms with van der Waals surface area (Å²) in [5, 5.41) is 0.992.